The number of oxazole rings is 1. The van der Waals surface area contributed by atoms with Crippen LogP contribution in [0.2, 0.25) is 0 Å². The maximum atomic E-state index is 12.0. The van der Waals surface area contributed by atoms with Crippen molar-refractivity contribution in [1.82, 2.24) is 10.3 Å². The van der Waals surface area contributed by atoms with Crippen LogP contribution in [0, 0.1) is 0 Å². The van der Waals surface area contributed by atoms with Gasteiger partial charge in [-0.2, -0.15) is 0 Å². The second-order valence-electron chi connectivity index (χ2n) is 4.38. The number of nitrogens with zero attached hydrogens (tertiary/aromatic N) is 1. The van der Waals surface area contributed by atoms with Gasteiger partial charge >= 0.3 is 0 Å². The quantitative estimate of drug-likeness (QED) is 0.895. The highest BCUT2D eigenvalue weighted by Crippen LogP contribution is 2.18. The van der Waals surface area contributed by atoms with E-state index in [4.69, 9.17) is 4.42 Å². The monoisotopic (exact) mass is 258 g/mol. The summed E-state index contributed by atoms with van der Waals surface area (Å²) in [4.78, 5) is 16.1. The maximum Gasteiger partial charge on any atom is 0.288 e. The predicted molar refractivity (Wildman–Crippen MR) is 73.8 cm³/mol. The second-order valence-corrected chi connectivity index (χ2v) is 4.38. The summed E-state index contributed by atoms with van der Waals surface area (Å²) in [5.41, 5.74) is 0.865. The van der Waals surface area contributed by atoms with Crippen molar-refractivity contribution in [3.8, 4) is 11.5 Å². The van der Waals surface area contributed by atoms with E-state index in [0.29, 0.717) is 5.89 Å². The normalized spacial score (nSPS) is 10.7. The Morgan fingerprint density at radius 2 is 1.95 bits per heavy atom. The molecule has 2 aromatic rings. The summed E-state index contributed by atoms with van der Waals surface area (Å²) in [5, 5.41) is 2.92. The molecule has 1 N–H and O–H groups in total. The van der Waals surface area contributed by atoms with Crippen molar-refractivity contribution in [2.75, 3.05) is 0 Å². The third-order valence-electron chi connectivity index (χ3n) is 3.07. The minimum atomic E-state index is -0.205. The van der Waals surface area contributed by atoms with E-state index in [2.05, 4.69) is 10.3 Å². The van der Waals surface area contributed by atoms with E-state index in [-0.39, 0.29) is 17.7 Å². The molecule has 0 aliphatic carbocycles. The Hall–Kier alpha value is -2.10. The van der Waals surface area contributed by atoms with Crippen LogP contribution in [0.3, 0.4) is 0 Å². The third kappa shape index (κ3) is 3.22. The molecule has 0 saturated heterocycles. The van der Waals surface area contributed by atoms with Crippen LogP contribution in [0.25, 0.3) is 11.5 Å². The molecule has 0 fully saturated rings. The van der Waals surface area contributed by atoms with Crippen molar-refractivity contribution >= 4 is 5.91 Å². The van der Waals surface area contributed by atoms with Gasteiger partial charge in [-0.25, -0.2) is 4.98 Å². The summed E-state index contributed by atoms with van der Waals surface area (Å²) in [6.07, 6.45) is 3.28. The van der Waals surface area contributed by atoms with Crippen molar-refractivity contribution in [3.05, 3.63) is 42.3 Å². The number of aromatic nitrogens is 1. The minimum Gasteiger partial charge on any atom is -0.431 e. The van der Waals surface area contributed by atoms with Crippen LogP contribution >= 0.6 is 0 Å². The molecule has 4 heteroatoms. The van der Waals surface area contributed by atoms with Crippen molar-refractivity contribution in [2.24, 2.45) is 0 Å². The Bertz CT molecular complexity index is 530. The van der Waals surface area contributed by atoms with Crippen LogP contribution in [0.15, 0.2) is 40.9 Å². The van der Waals surface area contributed by atoms with E-state index in [0.717, 1.165) is 18.4 Å². The zero-order valence-corrected chi connectivity index (χ0v) is 11.2. The number of hydrogen-bond donors (Lipinski definition) is 1. The molecule has 2 rings (SSSR count). The molecule has 0 atom stereocenters. The number of hydrogen-bond acceptors (Lipinski definition) is 3. The van der Waals surface area contributed by atoms with E-state index in [1.807, 2.05) is 44.2 Å². The van der Waals surface area contributed by atoms with Gasteiger partial charge < -0.3 is 9.73 Å². The lowest BCUT2D eigenvalue weighted by molar-refractivity contribution is 0.0907. The van der Waals surface area contributed by atoms with Crippen LogP contribution in [-0.4, -0.2) is 16.9 Å². The van der Waals surface area contributed by atoms with Crippen LogP contribution in [0.5, 0.6) is 0 Å². The smallest absolute Gasteiger partial charge is 0.288 e. The van der Waals surface area contributed by atoms with Gasteiger partial charge in [-0.1, -0.05) is 32.0 Å². The molecule has 0 unspecified atom stereocenters. The van der Waals surface area contributed by atoms with Crippen LogP contribution in [-0.2, 0) is 0 Å². The number of rotatable bonds is 5. The molecule has 0 bridgehead atoms. The van der Waals surface area contributed by atoms with Gasteiger partial charge in [-0.05, 0) is 25.0 Å². The SMILES string of the molecule is CCC(CC)NC(=O)c1cnc(-c2ccccc2)o1. The first-order valence-corrected chi connectivity index (χ1v) is 6.56. The van der Waals surface area contributed by atoms with E-state index in [1.54, 1.807) is 0 Å². The van der Waals surface area contributed by atoms with Crippen molar-refractivity contribution < 1.29 is 9.21 Å². The zero-order valence-electron chi connectivity index (χ0n) is 11.2. The van der Waals surface area contributed by atoms with Gasteiger partial charge in [-0.15, -0.1) is 0 Å². The molecular weight excluding hydrogens is 240 g/mol. The molecule has 4 nitrogen and oxygen atoms in total. The molecule has 0 radical (unpaired) electrons. The Balaban J connectivity index is 2.11. The number of carbonyl (C=O) groups excluding carboxylic acids is 1. The van der Waals surface area contributed by atoms with Gasteiger partial charge in [0.15, 0.2) is 0 Å². The average molecular weight is 258 g/mol. The second kappa shape index (κ2) is 6.18. The lowest BCUT2D eigenvalue weighted by Gasteiger charge is -2.12. The number of benzene rings is 1. The van der Waals surface area contributed by atoms with E-state index < -0.39 is 0 Å². The van der Waals surface area contributed by atoms with Gasteiger partial charge in [-0.3, -0.25) is 4.79 Å². The summed E-state index contributed by atoms with van der Waals surface area (Å²) in [6.45, 7) is 4.09. The fourth-order valence-electron chi connectivity index (χ4n) is 1.84. The van der Waals surface area contributed by atoms with Gasteiger partial charge in [0.2, 0.25) is 11.7 Å². The molecule has 19 heavy (non-hydrogen) atoms. The molecule has 1 amide bonds. The van der Waals surface area contributed by atoms with E-state index >= 15 is 0 Å². The average Bonchev–Trinajstić information content (AvgIpc) is 2.95. The molecular formula is C15H18N2O2. The van der Waals surface area contributed by atoms with Crippen LogP contribution < -0.4 is 5.32 Å². The maximum absolute atomic E-state index is 12.0. The molecule has 0 aliphatic rings. The standard InChI is InChI=1S/C15H18N2O2/c1-3-12(4-2)17-14(18)13-10-16-15(19-13)11-8-6-5-7-9-11/h5-10,12H,3-4H2,1-2H3,(H,17,18). The molecule has 100 valence electrons. The first-order chi connectivity index (χ1) is 9.24. The Morgan fingerprint density at radius 1 is 1.26 bits per heavy atom. The Labute approximate surface area is 112 Å². The summed E-state index contributed by atoms with van der Waals surface area (Å²) in [5.74, 6) is 0.518. The molecule has 1 aromatic carbocycles. The van der Waals surface area contributed by atoms with Gasteiger partial charge in [0.1, 0.15) is 0 Å². The van der Waals surface area contributed by atoms with E-state index in [9.17, 15) is 4.79 Å². The van der Waals surface area contributed by atoms with Crippen molar-refractivity contribution in [2.45, 2.75) is 32.7 Å². The predicted octanol–water partition coefficient (Wildman–Crippen LogP) is 3.26. The van der Waals surface area contributed by atoms with Gasteiger partial charge in [0, 0.05) is 11.6 Å². The number of carbonyl (C=O) groups is 1. The summed E-state index contributed by atoms with van der Waals surface area (Å²) >= 11 is 0. The highest BCUT2D eigenvalue weighted by atomic mass is 16.4. The lowest BCUT2D eigenvalue weighted by atomic mass is 10.2. The fraction of sp³-hybridized carbons (Fsp3) is 0.333. The van der Waals surface area contributed by atoms with Crippen LogP contribution in [0.4, 0.5) is 0 Å². The van der Waals surface area contributed by atoms with Crippen molar-refractivity contribution in [1.29, 1.82) is 0 Å². The molecule has 0 spiro atoms. The van der Waals surface area contributed by atoms with Gasteiger partial charge in [0.25, 0.3) is 5.91 Å². The summed E-state index contributed by atoms with van der Waals surface area (Å²) in [6, 6.07) is 9.71. The first-order valence-electron chi connectivity index (χ1n) is 6.56. The third-order valence-corrected chi connectivity index (χ3v) is 3.07. The Kier molecular flexibility index (Phi) is 4.34. The largest absolute Gasteiger partial charge is 0.431 e. The molecule has 0 aliphatic heterocycles. The van der Waals surface area contributed by atoms with Gasteiger partial charge in [0.05, 0.1) is 6.20 Å². The number of nitrogens with one attached hydrogen (secondary N) is 1. The fourth-order valence-corrected chi connectivity index (χ4v) is 1.84. The lowest BCUT2D eigenvalue weighted by Crippen LogP contribution is -2.33. The first kappa shape index (κ1) is 13.3. The molecule has 0 saturated carbocycles. The summed E-state index contributed by atoms with van der Waals surface area (Å²) < 4.78 is 5.50. The topological polar surface area (TPSA) is 55.1 Å². The zero-order chi connectivity index (χ0) is 13.7. The molecule has 1 aromatic heterocycles. The molecule has 1 heterocycles. The van der Waals surface area contributed by atoms with Crippen molar-refractivity contribution in [3.63, 3.8) is 0 Å². The Morgan fingerprint density at radius 3 is 2.58 bits per heavy atom. The highest BCUT2D eigenvalue weighted by Gasteiger charge is 2.15. The van der Waals surface area contributed by atoms with Crippen LogP contribution in [0.1, 0.15) is 37.2 Å². The van der Waals surface area contributed by atoms with E-state index in [1.165, 1.54) is 6.20 Å². The highest BCUT2D eigenvalue weighted by molar-refractivity contribution is 5.91. The summed E-state index contributed by atoms with van der Waals surface area (Å²) in [7, 11) is 0. The minimum absolute atomic E-state index is 0.178. The number of amides is 1.